The Morgan fingerprint density at radius 3 is 2.85 bits per heavy atom. The van der Waals surface area contributed by atoms with E-state index in [-0.39, 0.29) is 0 Å². The van der Waals surface area contributed by atoms with Crippen molar-refractivity contribution in [3.63, 3.8) is 0 Å². The van der Waals surface area contributed by atoms with Gasteiger partial charge in [-0.15, -0.1) is 11.3 Å². The second kappa shape index (κ2) is 5.20. The molecule has 0 aliphatic rings. The highest BCUT2D eigenvalue weighted by Gasteiger charge is 2.14. The van der Waals surface area contributed by atoms with Gasteiger partial charge in [0.2, 0.25) is 0 Å². The molecule has 0 saturated carbocycles. The molecule has 6 heteroatoms. The van der Waals surface area contributed by atoms with E-state index in [4.69, 9.17) is 0 Å². The molecule has 0 aromatic carbocycles. The summed E-state index contributed by atoms with van der Waals surface area (Å²) in [5, 5.41) is 10.0. The van der Waals surface area contributed by atoms with Crippen LogP contribution in [0.4, 0.5) is 5.82 Å². The van der Waals surface area contributed by atoms with Crippen molar-refractivity contribution in [2.45, 2.75) is 33.9 Å². The van der Waals surface area contributed by atoms with Gasteiger partial charge in [0.25, 0.3) is 0 Å². The maximum atomic E-state index is 4.54. The third kappa shape index (κ3) is 2.27. The van der Waals surface area contributed by atoms with Gasteiger partial charge in [-0.1, -0.05) is 6.07 Å². The number of anilines is 1. The van der Waals surface area contributed by atoms with Crippen LogP contribution in [0, 0.1) is 13.8 Å². The minimum atomic E-state index is 0.768. The van der Waals surface area contributed by atoms with Gasteiger partial charge in [-0.25, -0.2) is 9.97 Å². The Hall–Kier alpha value is -1.95. The van der Waals surface area contributed by atoms with Crippen molar-refractivity contribution in [1.82, 2.24) is 19.7 Å². The van der Waals surface area contributed by atoms with E-state index >= 15 is 0 Å². The highest BCUT2D eigenvalue weighted by atomic mass is 32.1. The molecule has 1 N–H and O–H groups in total. The predicted octanol–water partition coefficient (Wildman–Crippen LogP) is 3.14. The average Bonchev–Trinajstić information content (AvgIpc) is 3.04. The van der Waals surface area contributed by atoms with Crippen LogP contribution in [0.1, 0.15) is 23.3 Å². The fourth-order valence-electron chi connectivity index (χ4n) is 2.28. The first kappa shape index (κ1) is 13.1. The van der Waals surface area contributed by atoms with Gasteiger partial charge in [0.1, 0.15) is 16.9 Å². The minimum absolute atomic E-state index is 0.768. The summed E-state index contributed by atoms with van der Waals surface area (Å²) in [6.45, 7) is 7.57. The van der Waals surface area contributed by atoms with Crippen LogP contribution >= 0.6 is 11.3 Å². The number of fused-ring (bicyclic) bond motifs is 1. The van der Waals surface area contributed by atoms with E-state index in [1.54, 1.807) is 11.3 Å². The van der Waals surface area contributed by atoms with E-state index in [0.717, 1.165) is 41.5 Å². The van der Waals surface area contributed by atoms with Crippen LogP contribution in [0.15, 0.2) is 17.5 Å². The molecule has 0 amide bonds. The molecular weight excluding hydrogens is 270 g/mol. The molecule has 3 aromatic rings. The van der Waals surface area contributed by atoms with E-state index in [9.17, 15) is 0 Å². The molecular formula is C14H17N5S. The fourth-order valence-corrected chi connectivity index (χ4v) is 2.92. The first-order valence-electron chi connectivity index (χ1n) is 6.67. The van der Waals surface area contributed by atoms with E-state index in [1.807, 2.05) is 18.5 Å². The summed E-state index contributed by atoms with van der Waals surface area (Å²) in [7, 11) is 0. The maximum absolute atomic E-state index is 4.54. The van der Waals surface area contributed by atoms with Gasteiger partial charge < -0.3 is 5.32 Å². The average molecular weight is 287 g/mol. The Morgan fingerprint density at radius 2 is 2.15 bits per heavy atom. The first-order valence-corrected chi connectivity index (χ1v) is 7.55. The van der Waals surface area contributed by atoms with E-state index in [1.165, 1.54) is 4.88 Å². The van der Waals surface area contributed by atoms with E-state index < -0.39 is 0 Å². The summed E-state index contributed by atoms with van der Waals surface area (Å²) in [6, 6.07) is 4.17. The quantitative estimate of drug-likeness (QED) is 0.801. The van der Waals surface area contributed by atoms with Crippen LogP contribution in [0.25, 0.3) is 11.0 Å². The summed E-state index contributed by atoms with van der Waals surface area (Å²) in [4.78, 5) is 10.3. The maximum Gasteiger partial charge on any atom is 0.156 e. The number of rotatable bonds is 4. The normalized spacial score (nSPS) is 11.2. The van der Waals surface area contributed by atoms with Gasteiger partial charge in [0.15, 0.2) is 5.82 Å². The van der Waals surface area contributed by atoms with Crippen molar-refractivity contribution in [3.8, 4) is 0 Å². The molecule has 0 unspecified atom stereocenters. The molecule has 0 atom stereocenters. The lowest BCUT2D eigenvalue weighted by Gasteiger charge is -2.08. The largest absolute Gasteiger partial charge is 0.363 e. The van der Waals surface area contributed by atoms with Crippen LogP contribution in [-0.2, 0) is 13.1 Å². The monoisotopic (exact) mass is 287 g/mol. The minimum Gasteiger partial charge on any atom is -0.363 e. The Kier molecular flexibility index (Phi) is 3.40. The molecule has 3 heterocycles. The van der Waals surface area contributed by atoms with Gasteiger partial charge in [-0.05, 0) is 32.2 Å². The second-order valence-electron chi connectivity index (χ2n) is 4.65. The van der Waals surface area contributed by atoms with Crippen molar-refractivity contribution < 1.29 is 0 Å². The van der Waals surface area contributed by atoms with Crippen molar-refractivity contribution in [2.24, 2.45) is 0 Å². The lowest BCUT2D eigenvalue weighted by molar-refractivity contribution is 0.675. The molecule has 0 saturated heterocycles. The number of nitrogens with zero attached hydrogens (tertiary/aromatic N) is 4. The SMILES string of the molecule is CCn1nc(C)c2nc(C)nc(NCc3cccs3)c21. The predicted molar refractivity (Wildman–Crippen MR) is 82.1 cm³/mol. The second-order valence-corrected chi connectivity index (χ2v) is 5.68. The standard InChI is InChI=1S/C14H17N5S/c1-4-19-13-12(9(2)18-19)16-10(3)17-14(13)15-8-11-6-5-7-20-11/h5-7H,4,8H2,1-3H3,(H,15,16,17). The topological polar surface area (TPSA) is 55.6 Å². The summed E-state index contributed by atoms with van der Waals surface area (Å²) >= 11 is 1.74. The molecule has 0 aliphatic heterocycles. The lowest BCUT2D eigenvalue weighted by atomic mass is 10.3. The van der Waals surface area contributed by atoms with Gasteiger partial charge in [0.05, 0.1) is 12.2 Å². The number of hydrogen-bond acceptors (Lipinski definition) is 5. The molecule has 20 heavy (non-hydrogen) atoms. The summed E-state index contributed by atoms with van der Waals surface area (Å²) in [6.07, 6.45) is 0. The molecule has 0 aliphatic carbocycles. The smallest absolute Gasteiger partial charge is 0.156 e. The third-order valence-electron chi connectivity index (χ3n) is 3.18. The zero-order valence-corrected chi connectivity index (χ0v) is 12.7. The van der Waals surface area contributed by atoms with Gasteiger partial charge >= 0.3 is 0 Å². The molecule has 5 nitrogen and oxygen atoms in total. The molecule has 0 radical (unpaired) electrons. The number of nitrogens with one attached hydrogen (secondary N) is 1. The Balaban J connectivity index is 2.04. The van der Waals surface area contributed by atoms with Crippen molar-refractivity contribution in [3.05, 3.63) is 33.9 Å². The van der Waals surface area contributed by atoms with Gasteiger partial charge in [0, 0.05) is 11.4 Å². The van der Waals surface area contributed by atoms with E-state index in [2.05, 4.69) is 44.8 Å². The number of hydrogen-bond donors (Lipinski definition) is 1. The molecule has 104 valence electrons. The Labute approximate surface area is 121 Å². The van der Waals surface area contributed by atoms with E-state index in [0.29, 0.717) is 0 Å². The van der Waals surface area contributed by atoms with Crippen LogP contribution < -0.4 is 5.32 Å². The van der Waals surface area contributed by atoms with Gasteiger partial charge in [-0.2, -0.15) is 5.10 Å². The summed E-state index contributed by atoms with van der Waals surface area (Å²) in [5.41, 5.74) is 2.88. The third-order valence-corrected chi connectivity index (χ3v) is 4.05. The highest BCUT2D eigenvalue weighted by molar-refractivity contribution is 7.09. The Morgan fingerprint density at radius 1 is 1.30 bits per heavy atom. The molecule has 3 rings (SSSR count). The zero-order chi connectivity index (χ0) is 14.1. The van der Waals surface area contributed by atoms with Crippen LogP contribution in [0.5, 0.6) is 0 Å². The number of thiophene rings is 1. The Bertz CT molecular complexity index is 730. The van der Waals surface area contributed by atoms with Gasteiger partial charge in [-0.3, -0.25) is 4.68 Å². The van der Waals surface area contributed by atoms with Crippen molar-refractivity contribution in [1.29, 1.82) is 0 Å². The molecule has 3 aromatic heterocycles. The van der Waals surface area contributed by atoms with Crippen LogP contribution in [0.2, 0.25) is 0 Å². The molecule has 0 spiro atoms. The summed E-state index contributed by atoms with van der Waals surface area (Å²) < 4.78 is 1.96. The highest BCUT2D eigenvalue weighted by Crippen LogP contribution is 2.24. The fraction of sp³-hybridized carbons (Fsp3) is 0.357. The lowest BCUT2D eigenvalue weighted by Crippen LogP contribution is -2.06. The summed E-state index contributed by atoms with van der Waals surface area (Å²) in [5.74, 6) is 1.63. The van der Waals surface area contributed by atoms with Crippen LogP contribution in [-0.4, -0.2) is 19.7 Å². The number of aromatic nitrogens is 4. The molecule has 0 fully saturated rings. The van der Waals surface area contributed by atoms with Crippen molar-refractivity contribution in [2.75, 3.05) is 5.32 Å². The zero-order valence-electron chi connectivity index (χ0n) is 11.8. The van der Waals surface area contributed by atoms with Crippen LogP contribution in [0.3, 0.4) is 0 Å². The number of aryl methyl sites for hydroxylation is 3. The molecule has 0 bridgehead atoms. The van der Waals surface area contributed by atoms with Crippen molar-refractivity contribution >= 4 is 28.2 Å². The first-order chi connectivity index (χ1) is 9.69.